The molecule has 0 aromatic heterocycles. The second-order valence-electron chi connectivity index (χ2n) is 3.67. The van der Waals surface area contributed by atoms with E-state index in [4.69, 9.17) is 9.47 Å². The molecule has 0 rings (SSSR count). The molecule has 0 spiro atoms. The molecule has 2 atom stereocenters. The maximum atomic E-state index is 11.1. The van der Waals surface area contributed by atoms with Crippen molar-refractivity contribution in [3.8, 4) is 0 Å². The number of hydrogen-bond donors (Lipinski definition) is 0. The van der Waals surface area contributed by atoms with Crippen LogP contribution in [-0.2, 0) is 19.1 Å². The molecule has 0 amide bonds. The first-order valence-electron chi connectivity index (χ1n) is 5.71. The standard InChI is InChI=1S/C13H20O4/c1-5-8-9-11(17-13(15)7-3)10(4)16-12(14)6-2/h6-7,10-11H,2-3,5,8-9H2,1,4H3. The first kappa shape index (κ1) is 15.4. The van der Waals surface area contributed by atoms with E-state index < -0.39 is 24.1 Å². The number of esters is 2. The Labute approximate surface area is 102 Å². The van der Waals surface area contributed by atoms with Gasteiger partial charge in [0.25, 0.3) is 0 Å². The van der Waals surface area contributed by atoms with Crippen LogP contribution in [0.25, 0.3) is 0 Å². The molecule has 4 heteroatoms. The monoisotopic (exact) mass is 240 g/mol. The molecule has 0 bridgehead atoms. The number of carbonyl (C=O) groups excluding carboxylic acids is 2. The van der Waals surface area contributed by atoms with E-state index in [9.17, 15) is 9.59 Å². The molecular formula is C13H20O4. The Bertz CT molecular complexity index is 283. The lowest BCUT2D eigenvalue weighted by Crippen LogP contribution is -2.32. The van der Waals surface area contributed by atoms with E-state index in [1.54, 1.807) is 6.92 Å². The minimum atomic E-state index is -0.520. The van der Waals surface area contributed by atoms with E-state index in [0.717, 1.165) is 25.0 Å². The molecule has 96 valence electrons. The van der Waals surface area contributed by atoms with Crippen molar-refractivity contribution in [1.29, 1.82) is 0 Å². The van der Waals surface area contributed by atoms with Crippen LogP contribution < -0.4 is 0 Å². The van der Waals surface area contributed by atoms with Crippen molar-refractivity contribution in [3.05, 3.63) is 25.3 Å². The molecule has 0 aromatic carbocycles. The van der Waals surface area contributed by atoms with Gasteiger partial charge in [0.15, 0.2) is 0 Å². The van der Waals surface area contributed by atoms with Gasteiger partial charge >= 0.3 is 11.9 Å². The smallest absolute Gasteiger partial charge is 0.330 e. The summed E-state index contributed by atoms with van der Waals surface area (Å²) >= 11 is 0. The number of carbonyl (C=O) groups is 2. The van der Waals surface area contributed by atoms with Gasteiger partial charge in [-0.1, -0.05) is 26.5 Å². The van der Waals surface area contributed by atoms with Gasteiger partial charge in [-0.3, -0.25) is 0 Å². The third-order valence-electron chi connectivity index (χ3n) is 2.27. The summed E-state index contributed by atoms with van der Waals surface area (Å²) in [5, 5.41) is 0. The van der Waals surface area contributed by atoms with Crippen molar-refractivity contribution in [2.45, 2.75) is 45.3 Å². The summed E-state index contributed by atoms with van der Waals surface area (Å²) in [6.07, 6.45) is 3.78. The zero-order chi connectivity index (χ0) is 13.3. The first-order chi connectivity index (χ1) is 8.04. The fraction of sp³-hybridized carbons (Fsp3) is 0.538. The molecule has 0 N–H and O–H groups in total. The van der Waals surface area contributed by atoms with Gasteiger partial charge in [0, 0.05) is 12.2 Å². The van der Waals surface area contributed by atoms with E-state index in [0.29, 0.717) is 6.42 Å². The van der Waals surface area contributed by atoms with E-state index >= 15 is 0 Å². The third kappa shape index (κ3) is 6.56. The topological polar surface area (TPSA) is 52.6 Å². The molecule has 0 fully saturated rings. The normalized spacial score (nSPS) is 13.3. The van der Waals surface area contributed by atoms with Crippen LogP contribution in [0.4, 0.5) is 0 Å². The Hall–Kier alpha value is -1.58. The quantitative estimate of drug-likeness (QED) is 0.483. The highest BCUT2D eigenvalue weighted by atomic mass is 16.6. The van der Waals surface area contributed by atoms with Crippen molar-refractivity contribution in [2.75, 3.05) is 0 Å². The number of unbranched alkanes of at least 4 members (excludes halogenated alkanes) is 1. The van der Waals surface area contributed by atoms with Gasteiger partial charge in [-0.15, -0.1) is 0 Å². The second-order valence-corrected chi connectivity index (χ2v) is 3.67. The summed E-state index contributed by atoms with van der Waals surface area (Å²) in [7, 11) is 0. The predicted molar refractivity (Wildman–Crippen MR) is 65.4 cm³/mol. The van der Waals surface area contributed by atoms with Gasteiger partial charge in [-0.25, -0.2) is 9.59 Å². The molecule has 0 aliphatic heterocycles. The van der Waals surface area contributed by atoms with Gasteiger partial charge < -0.3 is 9.47 Å². The van der Waals surface area contributed by atoms with Crippen LogP contribution in [0.1, 0.15) is 33.1 Å². The lowest BCUT2D eigenvalue weighted by atomic mass is 10.1. The van der Waals surface area contributed by atoms with Crippen LogP contribution in [0.3, 0.4) is 0 Å². The van der Waals surface area contributed by atoms with Crippen LogP contribution in [0.15, 0.2) is 25.3 Å². The molecule has 0 saturated carbocycles. The maximum absolute atomic E-state index is 11.1. The summed E-state index contributed by atoms with van der Waals surface area (Å²) in [4.78, 5) is 22.2. The van der Waals surface area contributed by atoms with Crippen molar-refractivity contribution in [3.63, 3.8) is 0 Å². The van der Waals surface area contributed by atoms with E-state index in [1.807, 2.05) is 6.92 Å². The Kier molecular flexibility index (Phi) is 7.76. The van der Waals surface area contributed by atoms with Gasteiger partial charge in [0.05, 0.1) is 0 Å². The molecule has 17 heavy (non-hydrogen) atoms. The largest absolute Gasteiger partial charge is 0.456 e. The SMILES string of the molecule is C=CC(=O)OC(C)C(CCCC)OC(=O)C=C. The summed E-state index contributed by atoms with van der Waals surface area (Å²) < 4.78 is 10.2. The van der Waals surface area contributed by atoms with Crippen LogP contribution >= 0.6 is 0 Å². The van der Waals surface area contributed by atoms with E-state index in [1.165, 1.54) is 0 Å². The van der Waals surface area contributed by atoms with Crippen LogP contribution in [0.2, 0.25) is 0 Å². The van der Waals surface area contributed by atoms with Gasteiger partial charge in [0.2, 0.25) is 0 Å². The third-order valence-corrected chi connectivity index (χ3v) is 2.27. The summed E-state index contributed by atoms with van der Waals surface area (Å²) in [5.74, 6) is -1.03. The number of rotatable bonds is 8. The van der Waals surface area contributed by atoms with Crippen LogP contribution in [0.5, 0.6) is 0 Å². The molecule has 0 heterocycles. The van der Waals surface area contributed by atoms with Gasteiger partial charge in [-0.2, -0.15) is 0 Å². The second kappa shape index (κ2) is 8.56. The van der Waals surface area contributed by atoms with E-state index in [2.05, 4.69) is 13.2 Å². The zero-order valence-corrected chi connectivity index (χ0v) is 10.5. The number of hydrogen-bond acceptors (Lipinski definition) is 4. The highest BCUT2D eigenvalue weighted by molar-refractivity contribution is 5.82. The highest BCUT2D eigenvalue weighted by Gasteiger charge is 2.22. The minimum absolute atomic E-state index is 0.440. The molecular weight excluding hydrogens is 220 g/mol. The van der Waals surface area contributed by atoms with Crippen LogP contribution in [0, 0.1) is 0 Å². The molecule has 2 unspecified atom stereocenters. The molecule has 4 nitrogen and oxygen atoms in total. The summed E-state index contributed by atoms with van der Waals surface area (Å²) in [6.45, 7) is 10.4. The van der Waals surface area contributed by atoms with Gasteiger partial charge in [0.1, 0.15) is 12.2 Å². The average Bonchev–Trinajstić information content (AvgIpc) is 2.33. The average molecular weight is 240 g/mol. The Morgan fingerprint density at radius 3 is 2.18 bits per heavy atom. The Balaban J connectivity index is 4.42. The lowest BCUT2D eigenvalue weighted by molar-refractivity contribution is -0.160. The fourth-order valence-corrected chi connectivity index (χ4v) is 1.30. The molecule has 0 aliphatic rings. The molecule has 0 radical (unpaired) electrons. The Morgan fingerprint density at radius 1 is 1.18 bits per heavy atom. The summed E-state index contributed by atoms with van der Waals surface area (Å²) in [5.41, 5.74) is 0. The zero-order valence-electron chi connectivity index (χ0n) is 10.5. The minimum Gasteiger partial charge on any atom is -0.456 e. The maximum Gasteiger partial charge on any atom is 0.330 e. The van der Waals surface area contributed by atoms with E-state index in [-0.39, 0.29) is 0 Å². The fourth-order valence-electron chi connectivity index (χ4n) is 1.30. The van der Waals surface area contributed by atoms with Crippen molar-refractivity contribution in [2.24, 2.45) is 0 Å². The summed E-state index contributed by atoms with van der Waals surface area (Å²) in [6, 6.07) is 0. The van der Waals surface area contributed by atoms with Crippen LogP contribution in [-0.4, -0.2) is 24.1 Å². The van der Waals surface area contributed by atoms with Crippen molar-refractivity contribution in [1.82, 2.24) is 0 Å². The molecule has 0 aromatic rings. The molecule has 0 saturated heterocycles. The first-order valence-corrected chi connectivity index (χ1v) is 5.71. The Morgan fingerprint density at radius 2 is 1.71 bits per heavy atom. The molecule has 0 aliphatic carbocycles. The van der Waals surface area contributed by atoms with Crippen molar-refractivity contribution < 1.29 is 19.1 Å². The van der Waals surface area contributed by atoms with Crippen molar-refractivity contribution >= 4 is 11.9 Å². The highest BCUT2D eigenvalue weighted by Crippen LogP contribution is 2.13. The lowest BCUT2D eigenvalue weighted by Gasteiger charge is -2.23. The predicted octanol–water partition coefficient (Wildman–Crippen LogP) is 2.39. The van der Waals surface area contributed by atoms with Gasteiger partial charge in [-0.05, 0) is 19.8 Å². The number of ether oxygens (including phenoxy) is 2.